The van der Waals surface area contributed by atoms with E-state index < -0.39 is 0 Å². The third-order valence-electron chi connectivity index (χ3n) is 3.64. The van der Waals surface area contributed by atoms with E-state index in [9.17, 15) is 0 Å². The molecule has 0 saturated carbocycles. The topological polar surface area (TPSA) is 17.8 Å². The van der Waals surface area contributed by atoms with Crippen LogP contribution >= 0.6 is 43.5 Å². The molecule has 0 radical (unpaired) electrons. The molecule has 0 spiro atoms. The number of alkyl halides is 1. The van der Waals surface area contributed by atoms with Crippen LogP contribution in [-0.4, -0.2) is 15.1 Å². The smallest absolute Gasteiger partial charge is 0.0849 e. The number of hydrogen-bond donors (Lipinski definition) is 0. The number of hydrogen-bond acceptors (Lipinski definition) is 1. The van der Waals surface area contributed by atoms with Crippen LogP contribution in [-0.2, 0) is 26.3 Å². The molecular weight excluding hydrogens is 415 g/mol. The summed E-state index contributed by atoms with van der Waals surface area (Å²) < 4.78 is 3.04. The molecule has 1 atom stereocenters. The minimum atomic E-state index is 0.504. The molecule has 0 aliphatic rings. The molecule has 21 heavy (non-hydrogen) atoms. The van der Waals surface area contributed by atoms with E-state index in [4.69, 9.17) is 11.6 Å². The van der Waals surface area contributed by atoms with Gasteiger partial charge in [-0.05, 0) is 42.9 Å². The Labute approximate surface area is 148 Å². The summed E-state index contributed by atoms with van der Waals surface area (Å²) in [4.78, 5) is 0. The van der Waals surface area contributed by atoms with Gasteiger partial charge in [0.1, 0.15) is 0 Å². The van der Waals surface area contributed by atoms with Crippen molar-refractivity contribution in [3.8, 4) is 0 Å². The third kappa shape index (κ3) is 4.33. The SMILES string of the molecule is CCc1nn(C)c(CC(CBr)Cc2ccc(Br)cc2)c1Cl. The van der Waals surface area contributed by atoms with Gasteiger partial charge in [-0.2, -0.15) is 5.10 Å². The van der Waals surface area contributed by atoms with Crippen LogP contribution < -0.4 is 0 Å². The highest BCUT2D eigenvalue weighted by molar-refractivity contribution is 9.10. The molecule has 114 valence electrons. The molecule has 2 aromatic rings. The molecule has 1 heterocycles. The Balaban J connectivity index is 2.12. The van der Waals surface area contributed by atoms with Crippen molar-refractivity contribution in [3.63, 3.8) is 0 Å². The minimum Gasteiger partial charge on any atom is -0.271 e. The first-order valence-corrected chi connectivity index (χ1v) is 9.35. The number of aryl methyl sites for hydroxylation is 2. The van der Waals surface area contributed by atoms with Gasteiger partial charge in [0.2, 0.25) is 0 Å². The van der Waals surface area contributed by atoms with Gasteiger partial charge in [0, 0.05) is 16.9 Å². The van der Waals surface area contributed by atoms with Gasteiger partial charge in [0.15, 0.2) is 0 Å². The van der Waals surface area contributed by atoms with Crippen molar-refractivity contribution in [2.24, 2.45) is 13.0 Å². The number of halogens is 3. The molecule has 0 amide bonds. The molecule has 0 fully saturated rings. The van der Waals surface area contributed by atoms with Crippen molar-refractivity contribution in [2.75, 3.05) is 5.33 Å². The maximum Gasteiger partial charge on any atom is 0.0849 e. The van der Waals surface area contributed by atoms with E-state index in [-0.39, 0.29) is 0 Å². The lowest BCUT2D eigenvalue weighted by Gasteiger charge is -2.15. The lowest BCUT2D eigenvalue weighted by molar-refractivity contribution is 0.556. The fourth-order valence-corrected chi connectivity index (χ4v) is 3.54. The van der Waals surface area contributed by atoms with Crippen LogP contribution in [0.1, 0.15) is 23.9 Å². The van der Waals surface area contributed by atoms with Crippen molar-refractivity contribution in [2.45, 2.75) is 26.2 Å². The predicted molar refractivity (Wildman–Crippen MR) is 96.4 cm³/mol. The van der Waals surface area contributed by atoms with Crippen LogP contribution in [0.25, 0.3) is 0 Å². The molecule has 1 aromatic heterocycles. The Bertz CT molecular complexity index is 593. The van der Waals surface area contributed by atoms with Gasteiger partial charge in [-0.1, -0.05) is 62.5 Å². The Morgan fingerprint density at radius 2 is 1.90 bits per heavy atom. The Morgan fingerprint density at radius 1 is 1.24 bits per heavy atom. The van der Waals surface area contributed by atoms with Crippen LogP contribution in [0.4, 0.5) is 0 Å². The Hall–Kier alpha value is -0.320. The first-order chi connectivity index (χ1) is 10.0. The van der Waals surface area contributed by atoms with Gasteiger partial charge in [-0.25, -0.2) is 0 Å². The lowest BCUT2D eigenvalue weighted by Crippen LogP contribution is -2.13. The van der Waals surface area contributed by atoms with Crippen LogP contribution in [0.2, 0.25) is 5.02 Å². The second kappa shape index (κ2) is 7.80. The first-order valence-electron chi connectivity index (χ1n) is 7.05. The highest BCUT2D eigenvalue weighted by atomic mass is 79.9. The highest BCUT2D eigenvalue weighted by Crippen LogP contribution is 2.26. The molecule has 2 nitrogen and oxygen atoms in total. The van der Waals surface area contributed by atoms with Crippen molar-refractivity contribution in [1.29, 1.82) is 0 Å². The summed E-state index contributed by atoms with van der Waals surface area (Å²) in [6.45, 7) is 2.09. The van der Waals surface area contributed by atoms with Crippen molar-refractivity contribution in [3.05, 3.63) is 50.7 Å². The zero-order valence-electron chi connectivity index (χ0n) is 12.2. The standard InChI is InChI=1S/C16H19Br2ClN2/c1-3-14-16(19)15(21(2)20-14)9-12(10-17)8-11-4-6-13(18)7-5-11/h4-7,12H,3,8-10H2,1-2H3. The van der Waals surface area contributed by atoms with E-state index >= 15 is 0 Å². The van der Waals surface area contributed by atoms with Crippen molar-refractivity contribution < 1.29 is 0 Å². The van der Waals surface area contributed by atoms with Gasteiger partial charge in [-0.3, -0.25) is 4.68 Å². The quantitative estimate of drug-likeness (QED) is 0.572. The average molecular weight is 435 g/mol. The Morgan fingerprint density at radius 3 is 2.43 bits per heavy atom. The summed E-state index contributed by atoms with van der Waals surface area (Å²) in [5.41, 5.74) is 3.47. The number of aromatic nitrogens is 2. The summed E-state index contributed by atoms with van der Waals surface area (Å²) in [6, 6.07) is 8.52. The normalized spacial score (nSPS) is 12.6. The summed E-state index contributed by atoms with van der Waals surface area (Å²) in [5.74, 6) is 0.504. The van der Waals surface area contributed by atoms with Gasteiger partial charge >= 0.3 is 0 Å². The first kappa shape index (κ1) is 17.0. The second-order valence-electron chi connectivity index (χ2n) is 5.24. The molecule has 0 N–H and O–H groups in total. The maximum atomic E-state index is 6.45. The molecule has 0 bridgehead atoms. The third-order valence-corrected chi connectivity index (χ3v) is 5.52. The fraction of sp³-hybridized carbons (Fsp3) is 0.438. The van der Waals surface area contributed by atoms with E-state index in [0.29, 0.717) is 5.92 Å². The van der Waals surface area contributed by atoms with Gasteiger partial charge in [0.25, 0.3) is 0 Å². The molecule has 5 heteroatoms. The van der Waals surface area contributed by atoms with Gasteiger partial charge in [0.05, 0.1) is 16.4 Å². The molecule has 1 unspecified atom stereocenters. The molecule has 0 saturated heterocycles. The maximum absolute atomic E-state index is 6.45. The number of benzene rings is 1. The largest absolute Gasteiger partial charge is 0.271 e. The highest BCUT2D eigenvalue weighted by Gasteiger charge is 2.18. The lowest BCUT2D eigenvalue weighted by atomic mass is 9.96. The van der Waals surface area contributed by atoms with E-state index in [1.165, 1.54) is 5.56 Å². The monoisotopic (exact) mass is 432 g/mol. The van der Waals surface area contributed by atoms with Crippen LogP contribution in [0.3, 0.4) is 0 Å². The molecule has 0 aliphatic carbocycles. The summed E-state index contributed by atoms with van der Waals surface area (Å²) in [6.07, 6.45) is 2.84. The Kier molecular flexibility index (Phi) is 6.33. The molecule has 0 aliphatic heterocycles. The van der Waals surface area contributed by atoms with Crippen LogP contribution in [0.5, 0.6) is 0 Å². The minimum absolute atomic E-state index is 0.504. The average Bonchev–Trinajstić information content (AvgIpc) is 2.75. The van der Waals surface area contributed by atoms with E-state index in [0.717, 1.165) is 45.5 Å². The summed E-state index contributed by atoms with van der Waals surface area (Å²) >= 11 is 13.6. The fourth-order valence-electron chi connectivity index (χ4n) is 2.45. The van der Waals surface area contributed by atoms with E-state index in [1.807, 2.05) is 11.7 Å². The molecule has 1 aromatic carbocycles. The predicted octanol–water partition coefficient (Wildman–Crippen LogP) is 5.19. The van der Waals surface area contributed by atoms with E-state index in [2.05, 4.69) is 68.1 Å². The van der Waals surface area contributed by atoms with Crippen molar-refractivity contribution in [1.82, 2.24) is 9.78 Å². The van der Waals surface area contributed by atoms with Crippen LogP contribution in [0.15, 0.2) is 28.7 Å². The van der Waals surface area contributed by atoms with Gasteiger partial charge < -0.3 is 0 Å². The molecule has 2 rings (SSSR count). The van der Waals surface area contributed by atoms with Gasteiger partial charge in [-0.15, -0.1) is 0 Å². The zero-order chi connectivity index (χ0) is 15.4. The van der Waals surface area contributed by atoms with Crippen molar-refractivity contribution >= 4 is 43.5 Å². The summed E-state index contributed by atoms with van der Waals surface area (Å²) in [5, 5.41) is 6.28. The zero-order valence-corrected chi connectivity index (χ0v) is 16.2. The number of nitrogens with zero attached hydrogens (tertiary/aromatic N) is 2. The molecular formula is C16H19Br2ClN2. The summed E-state index contributed by atoms with van der Waals surface area (Å²) in [7, 11) is 1.98. The van der Waals surface area contributed by atoms with E-state index in [1.54, 1.807) is 0 Å². The number of rotatable bonds is 6. The second-order valence-corrected chi connectivity index (χ2v) is 7.18. The van der Waals surface area contributed by atoms with Crippen LogP contribution in [0, 0.1) is 5.92 Å².